The van der Waals surface area contributed by atoms with Crippen LogP contribution in [0.25, 0.3) is 11.1 Å². The van der Waals surface area contributed by atoms with Crippen molar-refractivity contribution in [3.63, 3.8) is 0 Å². The Morgan fingerprint density at radius 2 is 1.86 bits per heavy atom. The van der Waals surface area contributed by atoms with Gasteiger partial charge >= 0.3 is 0 Å². The van der Waals surface area contributed by atoms with Gasteiger partial charge in [0.25, 0.3) is 0 Å². The van der Waals surface area contributed by atoms with Crippen LogP contribution in [0.3, 0.4) is 0 Å². The van der Waals surface area contributed by atoms with Gasteiger partial charge in [-0.25, -0.2) is 4.98 Å². The fraction of sp³-hybridized carbons (Fsp3) is 0.273. The average molecular weight is 396 g/mol. The molecule has 0 spiro atoms. The van der Waals surface area contributed by atoms with E-state index in [0.717, 1.165) is 53.0 Å². The Morgan fingerprint density at radius 1 is 1.14 bits per heavy atom. The topological polar surface area (TPSA) is 93.7 Å². The zero-order valence-electron chi connectivity index (χ0n) is 16.1. The van der Waals surface area contributed by atoms with E-state index >= 15 is 0 Å². The van der Waals surface area contributed by atoms with Crippen molar-refractivity contribution >= 4 is 17.4 Å². The van der Waals surface area contributed by atoms with Gasteiger partial charge in [0.05, 0.1) is 5.69 Å². The first-order chi connectivity index (χ1) is 13.5. The Bertz CT molecular complexity index is 960. The molecule has 5 N–H and O–H groups in total. The summed E-state index contributed by atoms with van der Waals surface area (Å²) in [5.41, 5.74) is 16.4. The highest BCUT2D eigenvalue weighted by Gasteiger charge is 2.15. The SMILES string of the molecule is CCCCc1nc(Cl)c(CN)n1Cc1ccc(-c2ccccc2C(=N)N)cc1. The molecule has 0 fully saturated rings. The zero-order valence-corrected chi connectivity index (χ0v) is 16.8. The van der Waals surface area contributed by atoms with Crippen molar-refractivity contribution in [1.82, 2.24) is 9.55 Å². The lowest BCUT2D eigenvalue weighted by atomic mass is 9.98. The molecule has 0 aliphatic rings. The number of nitrogen functional groups attached to an aromatic ring is 1. The molecule has 3 aromatic rings. The Kier molecular flexibility index (Phi) is 6.49. The molecule has 28 heavy (non-hydrogen) atoms. The number of nitrogens with two attached hydrogens (primary N) is 2. The molecular weight excluding hydrogens is 370 g/mol. The molecule has 0 atom stereocenters. The number of imidazole rings is 1. The summed E-state index contributed by atoms with van der Waals surface area (Å²) in [4.78, 5) is 4.52. The number of rotatable bonds is 8. The van der Waals surface area contributed by atoms with Crippen molar-refractivity contribution < 1.29 is 0 Å². The first-order valence-electron chi connectivity index (χ1n) is 9.51. The van der Waals surface area contributed by atoms with Crippen molar-refractivity contribution in [2.75, 3.05) is 0 Å². The normalized spacial score (nSPS) is 11.0. The van der Waals surface area contributed by atoms with Gasteiger partial charge in [-0.05, 0) is 23.1 Å². The number of hydrogen-bond acceptors (Lipinski definition) is 3. The lowest BCUT2D eigenvalue weighted by Crippen LogP contribution is -2.12. The molecule has 5 nitrogen and oxygen atoms in total. The van der Waals surface area contributed by atoms with E-state index in [1.807, 2.05) is 24.3 Å². The first kappa shape index (κ1) is 20.1. The van der Waals surface area contributed by atoms with Crippen molar-refractivity contribution in [3.05, 3.63) is 76.3 Å². The third-order valence-corrected chi connectivity index (χ3v) is 5.18. The third-order valence-electron chi connectivity index (χ3n) is 4.87. The molecule has 0 aliphatic carbocycles. The van der Waals surface area contributed by atoms with E-state index in [1.54, 1.807) is 0 Å². The maximum Gasteiger partial charge on any atom is 0.151 e. The molecule has 0 saturated carbocycles. The molecule has 1 aromatic heterocycles. The van der Waals surface area contributed by atoms with Crippen LogP contribution >= 0.6 is 11.6 Å². The number of unbranched alkanes of at least 4 members (excludes halogenated alkanes) is 1. The maximum absolute atomic E-state index is 7.79. The number of nitrogens with zero attached hydrogens (tertiary/aromatic N) is 2. The average Bonchev–Trinajstić information content (AvgIpc) is 3.01. The molecule has 146 valence electrons. The number of aromatic nitrogens is 2. The van der Waals surface area contributed by atoms with Crippen molar-refractivity contribution in [2.24, 2.45) is 11.5 Å². The zero-order chi connectivity index (χ0) is 20.1. The summed E-state index contributed by atoms with van der Waals surface area (Å²) >= 11 is 6.30. The van der Waals surface area contributed by atoms with Crippen LogP contribution in [0.4, 0.5) is 0 Å². The van der Waals surface area contributed by atoms with Crippen LogP contribution in [0.2, 0.25) is 5.15 Å². The maximum atomic E-state index is 7.79. The smallest absolute Gasteiger partial charge is 0.151 e. The number of aryl methyl sites for hydroxylation is 1. The van der Waals surface area contributed by atoms with Gasteiger partial charge in [-0.3, -0.25) is 5.41 Å². The van der Waals surface area contributed by atoms with Gasteiger partial charge < -0.3 is 16.0 Å². The molecular formula is C22H26ClN5. The lowest BCUT2D eigenvalue weighted by Gasteiger charge is -2.13. The standard InChI is InChI=1S/C22H26ClN5/c1-2-3-8-20-27-21(23)19(13-24)28(20)14-15-9-11-16(12-10-15)17-6-4-5-7-18(17)22(25)26/h4-7,9-12H,2-3,8,13-14,24H2,1H3,(H3,25,26). The van der Waals surface area contributed by atoms with E-state index in [0.29, 0.717) is 18.2 Å². The van der Waals surface area contributed by atoms with E-state index in [1.165, 1.54) is 0 Å². The minimum absolute atomic E-state index is 0.0703. The van der Waals surface area contributed by atoms with E-state index in [2.05, 4.69) is 40.7 Å². The minimum Gasteiger partial charge on any atom is -0.384 e. The van der Waals surface area contributed by atoms with Crippen LogP contribution in [0, 0.1) is 5.41 Å². The minimum atomic E-state index is 0.0703. The molecule has 2 aromatic carbocycles. The predicted octanol–water partition coefficient (Wildman–Crippen LogP) is 4.34. The highest BCUT2D eigenvalue weighted by atomic mass is 35.5. The van der Waals surface area contributed by atoms with Crippen LogP contribution in [-0.4, -0.2) is 15.4 Å². The summed E-state index contributed by atoms with van der Waals surface area (Å²) in [6, 6.07) is 16.0. The van der Waals surface area contributed by atoms with Crippen molar-refractivity contribution in [2.45, 2.75) is 39.3 Å². The molecule has 6 heteroatoms. The number of amidine groups is 1. The Hall–Kier alpha value is -2.63. The highest BCUT2D eigenvalue weighted by molar-refractivity contribution is 6.30. The van der Waals surface area contributed by atoms with Gasteiger partial charge in [0, 0.05) is 25.1 Å². The Morgan fingerprint density at radius 3 is 2.50 bits per heavy atom. The van der Waals surface area contributed by atoms with Crippen LogP contribution < -0.4 is 11.5 Å². The van der Waals surface area contributed by atoms with Crippen LogP contribution in [0.5, 0.6) is 0 Å². The quantitative estimate of drug-likeness (QED) is 0.391. The lowest BCUT2D eigenvalue weighted by molar-refractivity contribution is 0.655. The second-order valence-corrected chi connectivity index (χ2v) is 7.17. The van der Waals surface area contributed by atoms with Crippen LogP contribution in [0.1, 0.15) is 42.4 Å². The van der Waals surface area contributed by atoms with E-state index in [9.17, 15) is 0 Å². The van der Waals surface area contributed by atoms with Gasteiger partial charge in [-0.15, -0.1) is 0 Å². The summed E-state index contributed by atoms with van der Waals surface area (Å²) < 4.78 is 2.14. The van der Waals surface area contributed by atoms with Gasteiger partial charge in [0.15, 0.2) is 5.15 Å². The summed E-state index contributed by atoms with van der Waals surface area (Å²) in [6.45, 7) is 3.21. The Labute approximate surface area is 170 Å². The molecule has 3 rings (SSSR count). The van der Waals surface area contributed by atoms with Gasteiger partial charge in [0.2, 0.25) is 0 Å². The van der Waals surface area contributed by atoms with Crippen molar-refractivity contribution in [1.29, 1.82) is 5.41 Å². The number of benzene rings is 2. The first-order valence-corrected chi connectivity index (χ1v) is 9.89. The van der Waals surface area contributed by atoms with Gasteiger partial charge in [-0.2, -0.15) is 0 Å². The fourth-order valence-corrected chi connectivity index (χ4v) is 3.63. The van der Waals surface area contributed by atoms with Gasteiger partial charge in [0.1, 0.15) is 11.7 Å². The van der Waals surface area contributed by atoms with Crippen LogP contribution in [-0.2, 0) is 19.5 Å². The summed E-state index contributed by atoms with van der Waals surface area (Å²) in [5, 5.41) is 8.29. The molecule has 0 unspecified atom stereocenters. The number of nitrogens with one attached hydrogen (secondary N) is 1. The molecule has 0 saturated heterocycles. The molecule has 0 amide bonds. The van der Waals surface area contributed by atoms with Crippen LogP contribution in [0.15, 0.2) is 48.5 Å². The second-order valence-electron chi connectivity index (χ2n) is 6.82. The molecule has 1 heterocycles. The summed E-state index contributed by atoms with van der Waals surface area (Å²) in [7, 11) is 0. The summed E-state index contributed by atoms with van der Waals surface area (Å²) in [5.74, 6) is 1.05. The summed E-state index contributed by atoms with van der Waals surface area (Å²) in [6.07, 6.45) is 3.06. The third kappa shape index (κ3) is 4.26. The Balaban J connectivity index is 1.89. The highest BCUT2D eigenvalue weighted by Crippen LogP contribution is 2.25. The largest absolute Gasteiger partial charge is 0.384 e. The monoisotopic (exact) mass is 395 g/mol. The van der Waals surface area contributed by atoms with E-state index in [-0.39, 0.29) is 5.84 Å². The number of hydrogen-bond donors (Lipinski definition) is 3. The van der Waals surface area contributed by atoms with Crippen molar-refractivity contribution in [3.8, 4) is 11.1 Å². The fourth-order valence-electron chi connectivity index (χ4n) is 3.35. The van der Waals surface area contributed by atoms with Gasteiger partial charge in [-0.1, -0.05) is 73.5 Å². The second kappa shape index (κ2) is 9.04. The molecule has 0 radical (unpaired) electrons. The molecule has 0 aliphatic heterocycles. The predicted molar refractivity (Wildman–Crippen MR) is 116 cm³/mol. The van der Waals surface area contributed by atoms with E-state index < -0.39 is 0 Å². The number of halogens is 1. The molecule has 0 bridgehead atoms. The van der Waals surface area contributed by atoms with E-state index in [4.69, 9.17) is 28.5 Å².